The number of nitrogens with zero attached hydrogens (tertiary/aromatic N) is 6. The first-order chi connectivity index (χ1) is 17.8. The van der Waals surface area contributed by atoms with Crippen molar-refractivity contribution in [1.29, 1.82) is 0 Å². The van der Waals surface area contributed by atoms with E-state index in [1.165, 1.54) is 32.8 Å². The normalized spacial score (nSPS) is 12.1. The molecule has 0 amide bonds. The minimum absolute atomic E-state index is 0.0635. The van der Waals surface area contributed by atoms with Crippen LogP contribution in [0.5, 0.6) is 17.4 Å². The highest BCUT2D eigenvalue weighted by Gasteiger charge is 2.29. The maximum Gasteiger partial charge on any atom is 0.243 e. The molecule has 12 nitrogen and oxygen atoms in total. The number of rotatable bonds is 10. The molecule has 3 heterocycles. The molecule has 0 spiro atoms. The average molecular weight is 530 g/mol. The number of methoxy groups -OCH3 is 3. The van der Waals surface area contributed by atoms with Gasteiger partial charge in [0.05, 0.1) is 39.0 Å². The zero-order valence-corrected chi connectivity index (χ0v) is 21.2. The molecule has 0 radical (unpaired) electrons. The molecule has 3 aromatic heterocycles. The molecule has 0 saturated carbocycles. The Labute approximate surface area is 212 Å². The summed E-state index contributed by atoms with van der Waals surface area (Å²) in [5.74, 6) is 0.702. The van der Waals surface area contributed by atoms with Gasteiger partial charge in [-0.25, -0.2) is 27.8 Å². The molecule has 0 saturated heterocycles. The Morgan fingerprint density at radius 3 is 2.24 bits per heavy atom. The van der Waals surface area contributed by atoms with Crippen molar-refractivity contribution in [3.63, 3.8) is 0 Å². The Kier molecular flexibility index (Phi) is 7.47. The molecule has 0 unspecified atom stereocenters. The van der Waals surface area contributed by atoms with Crippen LogP contribution in [0.25, 0.3) is 17.2 Å². The molecule has 4 aromatic rings. The van der Waals surface area contributed by atoms with E-state index in [-0.39, 0.29) is 24.0 Å². The van der Waals surface area contributed by atoms with E-state index in [0.29, 0.717) is 28.8 Å². The van der Waals surface area contributed by atoms with E-state index >= 15 is 0 Å². The minimum Gasteiger partial charge on any atom is -0.494 e. The molecule has 1 atom stereocenters. The van der Waals surface area contributed by atoms with Crippen LogP contribution in [0.3, 0.4) is 0 Å². The van der Waals surface area contributed by atoms with Crippen molar-refractivity contribution >= 4 is 16.0 Å². The van der Waals surface area contributed by atoms with Crippen LogP contribution in [-0.4, -0.2) is 64.7 Å². The molecular weight excluding hydrogens is 505 g/mol. The van der Waals surface area contributed by atoms with E-state index in [1.54, 1.807) is 36.4 Å². The summed E-state index contributed by atoms with van der Waals surface area (Å²) in [7, 11) is 0.377. The zero-order chi connectivity index (χ0) is 26.6. The van der Waals surface area contributed by atoms with Gasteiger partial charge >= 0.3 is 0 Å². The van der Waals surface area contributed by atoms with Crippen LogP contribution in [-0.2, 0) is 16.4 Å². The molecule has 37 heavy (non-hydrogen) atoms. The first-order valence-corrected chi connectivity index (χ1v) is 12.5. The molecule has 0 aliphatic carbocycles. The topological polar surface area (TPSA) is 143 Å². The Morgan fingerprint density at radius 1 is 0.973 bits per heavy atom. The van der Waals surface area contributed by atoms with E-state index in [1.807, 2.05) is 0 Å². The van der Waals surface area contributed by atoms with Gasteiger partial charge in [-0.3, -0.25) is 9.29 Å². The highest BCUT2D eigenvalue weighted by Crippen LogP contribution is 2.37. The van der Waals surface area contributed by atoms with Gasteiger partial charge in [-0.2, -0.15) is 0 Å². The van der Waals surface area contributed by atoms with Gasteiger partial charge < -0.3 is 14.2 Å². The number of halogens is 1. The fraction of sp³-hybridized carbons (Fsp3) is 0.261. The fourth-order valence-corrected chi connectivity index (χ4v) is 4.43. The van der Waals surface area contributed by atoms with E-state index in [2.05, 4.69) is 29.9 Å². The molecule has 0 aliphatic heterocycles. The van der Waals surface area contributed by atoms with E-state index < -0.39 is 21.1 Å². The summed E-state index contributed by atoms with van der Waals surface area (Å²) in [5, 5.41) is 7.33. The van der Waals surface area contributed by atoms with Gasteiger partial charge in [-0.1, -0.05) is 12.1 Å². The van der Waals surface area contributed by atoms with Gasteiger partial charge in [-0.05, 0) is 25.1 Å². The summed E-state index contributed by atoms with van der Waals surface area (Å²) in [4.78, 5) is 12.1. The van der Waals surface area contributed by atoms with E-state index in [4.69, 9.17) is 14.2 Å². The van der Waals surface area contributed by atoms with Crippen LogP contribution < -0.4 is 18.9 Å². The molecule has 1 N–H and O–H groups in total. The van der Waals surface area contributed by atoms with Crippen molar-refractivity contribution in [3.8, 4) is 34.6 Å². The van der Waals surface area contributed by atoms with Crippen molar-refractivity contribution in [2.45, 2.75) is 18.6 Å². The number of benzene rings is 1. The lowest BCUT2D eigenvalue weighted by Gasteiger charge is -2.18. The molecule has 0 fully saturated rings. The summed E-state index contributed by atoms with van der Waals surface area (Å²) >= 11 is 0. The second-order valence-electron chi connectivity index (χ2n) is 7.74. The van der Waals surface area contributed by atoms with Gasteiger partial charge in [-0.15, -0.1) is 10.2 Å². The lowest BCUT2D eigenvalue weighted by atomic mass is 10.2. The molecule has 14 heteroatoms. The summed E-state index contributed by atoms with van der Waals surface area (Å²) in [5.41, 5.74) is 0.711. The number of sulfonamides is 1. The first-order valence-electron chi connectivity index (χ1n) is 10.9. The molecule has 4 rings (SSSR count). The van der Waals surface area contributed by atoms with Crippen LogP contribution in [0.4, 0.5) is 10.3 Å². The Bertz CT molecular complexity index is 1470. The van der Waals surface area contributed by atoms with Gasteiger partial charge in [0.25, 0.3) is 0 Å². The molecular formula is C23H24FN7O5S. The third-order valence-electron chi connectivity index (χ3n) is 5.36. The number of aromatic nitrogens is 6. The molecule has 194 valence electrons. The SMILES string of the molecule is COc1cccc(-c2nnc(NS(=O)(=O)[C@@H](C)Cc3ncc(F)cn3)n2-c2c(OC)cccc2OC)n1. The number of nitrogens with one attached hydrogen (secondary N) is 1. The predicted molar refractivity (Wildman–Crippen MR) is 132 cm³/mol. The summed E-state index contributed by atoms with van der Waals surface area (Å²) < 4.78 is 60.0. The summed E-state index contributed by atoms with van der Waals surface area (Å²) in [6.45, 7) is 1.48. The fourth-order valence-electron chi connectivity index (χ4n) is 3.47. The van der Waals surface area contributed by atoms with E-state index in [9.17, 15) is 12.8 Å². The van der Waals surface area contributed by atoms with Crippen molar-refractivity contribution in [1.82, 2.24) is 29.7 Å². The van der Waals surface area contributed by atoms with Crippen LogP contribution in [0.15, 0.2) is 48.8 Å². The van der Waals surface area contributed by atoms with Crippen molar-refractivity contribution in [2.75, 3.05) is 26.1 Å². The van der Waals surface area contributed by atoms with Crippen LogP contribution in [0.2, 0.25) is 0 Å². The van der Waals surface area contributed by atoms with Gasteiger partial charge in [0, 0.05) is 12.5 Å². The third kappa shape index (κ3) is 5.43. The number of pyridine rings is 1. The van der Waals surface area contributed by atoms with Crippen molar-refractivity contribution < 1.29 is 27.0 Å². The van der Waals surface area contributed by atoms with Gasteiger partial charge in [0.2, 0.25) is 21.9 Å². The largest absolute Gasteiger partial charge is 0.494 e. The standard InChI is InChI=1S/C23H24FN7O5S/c1-14(11-19-25-12-15(24)13-26-19)37(32,33)30-23-29-28-22(16-7-5-10-20(27-16)36-4)31(23)21-17(34-2)8-6-9-18(21)35-3/h5-10,12-14H,11H2,1-4H3,(H,29,30)/t14-/m0/s1. The third-order valence-corrected chi connectivity index (χ3v) is 7.05. The molecule has 0 bridgehead atoms. The van der Waals surface area contributed by atoms with Gasteiger partial charge in [0.15, 0.2) is 11.6 Å². The summed E-state index contributed by atoms with van der Waals surface area (Å²) in [6, 6.07) is 10.2. The smallest absolute Gasteiger partial charge is 0.243 e. The van der Waals surface area contributed by atoms with Crippen LogP contribution in [0.1, 0.15) is 12.7 Å². The number of para-hydroxylation sites is 1. The Morgan fingerprint density at radius 2 is 1.62 bits per heavy atom. The zero-order valence-electron chi connectivity index (χ0n) is 20.4. The molecule has 0 aliphatic rings. The van der Waals surface area contributed by atoms with Crippen molar-refractivity contribution in [3.05, 3.63) is 60.4 Å². The predicted octanol–water partition coefficient (Wildman–Crippen LogP) is 2.66. The van der Waals surface area contributed by atoms with E-state index in [0.717, 1.165) is 12.4 Å². The second-order valence-corrected chi connectivity index (χ2v) is 9.84. The number of anilines is 1. The lowest BCUT2D eigenvalue weighted by Crippen LogP contribution is -2.29. The Hall–Kier alpha value is -4.33. The second kappa shape index (κ2) is 10.7. The summed E-state index contributed by atoms with van der Waals surface area (Å²) in [6.07, 6.45) is 1.90. The monoisotopic (exact) mass is 529 g/mol. The van der Waals surface area contributed by atoms with Gasteiger partial charge in [0.1, 0.15) is 28.7 Å². The Balaban J connectivity index is 1.82. The number of hydrogen-bond donors (Lipinski definition) is 1. The number of hydrogen-bond acceptors (Lipinski definition) is 10. The maximum atomic E-state index is 13.3. The number of ether oxygens (including phenoxy) is 3. The molecule has 1 aromatic carbocycles. The van der Waals surface area contributed by atoms with Crippen molar-refractivity contribution in [2.24, 2.45) is 0 Å². The average Bonchev–Trinajstić information content (AvgIpc) is 3.31. The quantitative estimate of drug-likeness (QED) is 0.326. The van der Waals surface area contributed by atoms with Crippen LogP contribution in [0, 0.1) is 5.82 Å². The maximum absolute atomic E-state index is 13.3. The highest BCUT2D eigenvalue weighted by molar-refractivity contribution is 7.93. The van der Waals surface area contributed by atoms with Crippen LogP contribution >= 0.6 is 0 Å². The first kappa shape index (κ1) is 25.8. The highest BCUT2D eigenvalue weighted by atomic mass is 32.2. The lowest BCUT2D eigenvalue weighted by molar-refractivity contribution is 0.391. The minimum atomic E-state index is -4.05.